The maximum Gasteiger partial charge on any atom is 0.259 e. The molecule has 5 nitrogen and oxygen atoms in total. The monoisotopic (exact) mass is 428 g/mol. The van der Waals surface area contributed by atoms with Crippen LogP contribution in [0, 0.1) is 0 Å². The number of carbonyl (C=O) groups excluding carboxylic acids is 2. The summed E-state index contributed by atoms with van der Waals surface area (Å²) in [5.41, 5.74) is 3.27. The molecule has 0 bridgehead atoms. The van der Waals surface area contributed by atoms with Gasteiger partial charge in [-0.25, -0.2) is 0 Å². The maximum atomic E-state index is 13.6. The molecule has 1 aliphatic heterocycles. The highest BCUT2D eigenvalue weighted by molar-refractivity contribution is 6.14. The van der Waals surface area contributed by atoms with Crippen LogP contribution >= 0.6 is 0 Å². The molecule has 0 unspecified atom stereocenters. The number of carbonyl (C=O) groups is 2. The summed E-state index contributed by atoms with van der Waals surface area (Å²) in [4.78, 5) is 28.9. The Morgan fingerprint density at radius 2 is 1.78 bits per heavy atom. The molecule has 0 fully saturated rings. The van der Waals surface area contributed by atoms with Gasteiger partial charge in [-0.2, -0.15) is 0 Å². The number of fused-ring (bicyclic) bond motifs is 1. The summed E-state index contributed by atoms with van der Waals surface area (Å²) in [5.74, 6) is 0.395. The largest absolute Gasteiger partial charge is 0.497 e. The van der Waals surface area contributed by atoms with E-state index in [1.165, 1.54) is 0 Å². The Hall–Kier alpha value is -3.60. The number of rotatable bonds is 6. The van der Waals surface area contributed by atoms with E-state index < -0.39 is 5.54 Å². The number of hydrogen-bond donors (Lipinski definition) is 1. The van der Waals surface area contributed by atoms with Crippen LogP contribution in [0.15, 0.2) is 72.8 Å². The molecule has 1 N–H and O–H groups in total. The van der Waals surface area contributed by atoms with Crippen molar-refractivity contribution in [1.82, 2.24) is 5.32 Å². The lowest BCUT2D eigenvalue weighted by Gasteiger charge is -2.44. The van der Waals surface area contributed by atoms with Gasteiger partial charge in [0, 0.05) is 24.2 Å². The molecule has 4 rings (SSSR count). The minimum atomic E-state index is -1.06. The predicted molar refractivity (Wildman–Crippen MR) is 126 cm³/mol. The summed E-state index contributed by atoms with van der Waals surface area (Å²) in [6.45, 7) is 4.27. The molecule has 5 heteroatoms. The van der Waals surface area contributed by atoms with Gasteiger partial charge in [0.05, 0.1) is 7.11 Å². The smallest absolute Gasteiger partial charge is 0.259 e. The first kappa shape index (κ1) is 21.6. The highest BCUT2D eigenvalue weighted by Gasteiger charge is 2.47. The highest BCUT2D eigenvalue weighted by atomic mass is 16.5. The van der Waals surface area contributed by atoms with Gasteiger partial charge in [-0.3, -0.25) is 14.5 Å². The van der Waals surface area contributed by atoms with Crippen molar-refractivity contribution in [1.29, 1.82) is 0 Å². The number of anilines is 1. The zero-order valence-electron chi connectivity index (χ0n) is 18.7. The topological polar surface area (TPSA) is 58.6 Å². The van der Waals surface area contributed by atoms with Gasteiger partial charge < -0.3 is 10.1 Å². The van der Waals surface area contributed by atoms with E-state index in [9.17, 15) is 9.59 Å². The van der Waals surface area contributed by atoms with Crippen molar-refractivity contribution < 1.29 is 14.3 Å². The van der Waals surface area contributed by atoms with Crippen LogP contribution in [0.25, 0.3) is 0 Å². The zero-order chi connectivity index (χ0) is 22.7. The van der Waals surface area contributed by atoms with Crippen molar-refractivity contribution in [2.45, 2.75) is 38.8 Å². The SMILES string of the molecule is CCc1cccc(N2C(=O)c3ccccc3C[C@@]2(C)C(=O)NCc2cccc(OC)c2)c1. The first-order valence-electron chi connectivity index (χ1n) is 10.9. The molecule has 0 saturated heterocycles. The molecule has 0 aliphatic carbocycles. The molecule has 32 heavy (non-hydrogen) atoms. The number of aryl methyl sites for hydroxylation is 1. The molecule has 164 valence electrons. The van der Waals surface area contributed by atoms with Gasteiger partial charge in [-0.05, 0) is 60.4 Å². The van der Waals surface area contributed by atoms with Crippen molar-refractivity contribution in [3.63, 3.8) is 0 Å². The van der Waals surface area contributed by atoms with E-state index in [0.29, 0.717) is 18.5 Å². The predicted octanol–water partition coefficient (Wildman–Crippen LogP) is 4.54. The quantitative estimate of drug-likeness (QED) is 0.627. The Kier molecular flexibility index (Phi) is 5.99. The van der Waals surface area contributed by atoms with E-state index >= 15 is 0 Å². The van der Waals surface area contributed by atoms with Crippen LogP contribution < -0.4 is 15.0 Å². The Labute approximate surface area is 189 Å². The second-order valence-electron chi connectivity index (χ2n) is 8.31. The molecule has 0 spiro atoms. The molecule has 0 aromatic heterocycles. The van der Waals surface area contributed by atoms with Gasteiger partial charge >= 0.3 is 0 Å². The maximum absolute atomic E-state index is 13.6. The first-order chi connectivity index (χ1) is 15.5. The van der Waals surface area contributed by atoms with Gasteiger partial charge in [-0.1, -0.05) is 49.4 Å². The summed E-state index contributed by atoms with van der Waals surface area (Å²) in [6.07, 6.45) is 1.29. The standard InChI is InChI=1S/C27H28N2O3/c1-4-19-9-7-12-22(15-19)29-25(30)24-14-6-5-11-21(24)17-27(29,2)26(31)28-18-20-10-8-13-23(16-20)32-3/h5-16H,4,17-18H2,1-3H3,(H,28,31)/t27-/m0/s1. The lowest BCUT2D eigenvalue weighted by Crippen LogP contribution is -2.63. The minimum absolute atomic E-state index is 0.154. The van der Waals surface area contributed by atoms with Gasteiger partial charge in [-0.15, -0.1) is 0 Å². The Morgan fingerprint density at radius 1 is 1.03 bits per heavy atom. The third-order valence-electron chi connectivity index (χ3n) is 6.13. The third-order valence-corrected chi connectivity index (χ3v) is 6.13. The van der Waals surface area contributed by atoms with Crippen LogP contribution in [0.5, 0.6) is 5.75 Å². The van der Waals surface area contributed by atoms with E-state index in [1.807, 2.05) is 79.7 Å². The number of hydrogen-bond acceptors (Lipinski definition) is 3. The second kappa shape index (κ2) is 8.87. The van der Waals surface area contributed by atoms with Crippen molar-refractivity contribution >= 4 is 17.5 Å². The minimum Gasteiger partial charge on any atom is -0.497 e. The molecule has 0 radical (unpaired) electrons. The van der Waals surface area contributed by atoms with Crippen molar-refractivity contribution in [3.8, 4) is 5.75 Å². The van der Waals surface area contributed by atoms with Crippen molar-refractivity contribution in [2.75, 3.05) is 12.0 Å². The van der Waals surface area contributed by atoms with E-state index in [-0.39, 0.29) is 11.8 Å². The molecule has 3 aromatic carbocycles. The summed E-state index contributed by atoms with van der Waals surface area (Å²) in [6, 6.07) is 23.0. The van der Waals surface area contributed by atoms with Crippen LogP contribution in [0.4, 0.5) is 5.69 Å². The van der Waals surface area contributed by atoms with Crippen LogP contribution in [-0.4, -0.2) is 24.5 Å². The van der Waals surface area contributed by atoms with E-state index in [4.69, 9.17) is 4.74 Å². The molecule has 1 aliphatic rings. The fraction of sp³-hybridized carbons (Fsp3) is 0.259. The van der Waals surface area contributed by atoms with Crippen molar-refractivity contribution in [3.05, 3.63) is 95.1 Å². The second-order valence-corrected chi connectivity index (χ2v) is 8.31. The molecule has 3 aromatic rings. The Bertz CT molecular complexity index is 1160. The Balaban J connectivity index is 1.70. The van der Waals surface area contributed by atoms with Gasteiger partial charge in [0.15, 0.2) is 0 Å². The Morgan fingerprint density at radius 3 is 2.56 bits per heavy atom. The number of amides is 2. The summed E-state index contributed by atoms with van der Waals surface area (Å²) >= 11 is 0. The fourth-order valence-electron chi connectivity index (χ4n) is 4.33. The zero-order valence-corrected chi connectivity index (χ0v) is 18.7. The average Bonchev–Trinajstić information content (AvgIpc) is 2.82. The molecule has 1 atom stereocenters. The highest BCUT2D eigenvalue weighted by Crippen LogP contribution is 2.36. The number of methoxy groups -OCH3 is 1. The number of benzene rings is 3. The lowest BCUT2D eigenvalue weighted by molar-refractivity contribution is -0.126. The van der Waals surface area contributed by atoms with Gasteiger partial charge in [0.25, 0.3) is 5.91 Å². The van der Waals surface area contributed by atoms with Crippen molar-refractivity contribution in [2.24, 2.45) is 0 Å². The fourth-order valence-corrected chi connectivity index (χ4v) is 4.33. The van der Waals surface area contributed by atoms with Crippen LogP contribution in [0.1, 0.15) is 40.9 Å². The first-order valence-corrected chi connectivity index (χ1v) is 10.9. The summed E-state index contributed by atoms with van der Waals surface area (Å²) in [7, 11) is 1.62. The van der Waals surface area contributed by atoms with Crippen LogP contribution in [0.3, 0.4) is 0 Å². The van der Waals surface area contributed by atoms with Gasteiger partial charge in [0.1, 0.15) is 11.3 Å². The molecule has 0 saturated carbocycles. The van der Waals surface area contributed by atoms with Crippen LogP contribution in [0.2, 0.25) is 0 Å². The van der Waals surface area contributed by atoms with E-state index in [0.717, 1.165) is 34.5 Å². The van der Waals surface area contributed by atoms with E-state index in [2.05, 4.69) is 12.2 Å². The molecule has 2 amide bonds. The number of nitrogens with one attached hydrogen (secondary N) is 1. The van der Waals surface area contributed by atoms with Gasteiger partial charge in [0.2, 0.25) is 5.91 Å². The third kappa shape index (κ3) is 3.98. The number of ether oxygens (including phenoxy) is 1. The number of nitrogens with zero attached hydrogens (tertiary/aromatic N) is 1. The lowest BCUT2D eigenvalue weighted by atomic mass is 9.82. The molecular formula is C27H28N2O3. The molecular weight excluding hydrogens is 400 g/mol. The summed E-state index contributed by atoms with van der Waals surface area (Å²) in [5, 5.41) is 3.05. The van der Waals surface area contributed by atoms with Crippen LogP contribution in [-0.2, 0) is 24.2 Å². The summed E-state index contributed by atoms with van der Waals surface area (Å²) < 4.78 is 5.28. The van der Waals surface area contributed by atoms with E-state index in [1.54, 1.807) is 12.0 Å². The normalized spacial score (nSPS) is 17.6. The molecule has 1 heterocycles. The average molecular weight is 429 g/mol.